The number of anilines is 1. The molecular formula is C15H14N4O5S. The molecule has 9 nitrogen and oxygen atoms in total. The Morgan fingerprint density at radius 3 is 2.68 bits per heavy atom. The van der Waals surface area contributed by atoms with Crippen LogP contribution in [0, 0.1) is 0 Å². The minimum Gasteiger partial charge on any atom is -0.400 e. The largest absolute Gasteiger partial charge is 0.400 e. The van der Waals surface area contributed by atoms with Gasteiger partial charge in [-0.1, -0.05) is 16.3 Å². The summed E-state index contributed by atoms with van der Waals surface area (Å²) in [6.45, 7) is 3.15. The highest BCUT2D eigenvalue weighted by Crippen LogP contribution is 2.20. The number of aromatic nitrogens is 3. The molecule has 2 heterocycles. The molecule has 2 aromatic heterocycles. The minimum absolute atomic E-state index is 0.0592. The Kier molecular flexibility index (Phi) is 4.36. The standard InChI is InChI=1S/C15H14N4O5S/c1-9(2)25(21,22)11-5-3-4-10(8-11)13(20)17-15-19-18-14(23-15)12-6-7-16-24-12/h3-9H,1-2H3,(H,17,19,20). The number of hydrogen-bond donors (Lipinski definition) is 1. The molecule has 10 heteroatoms. The maximum Gasteiger partial charge on any atom is 0.322 e. The van der Waals surface area contributed by atoms with E-state index in [0.29, 0.717) is 0 Å². The zero-order chi connectivity index (χ0) is 18.0. The van der Waals surface area contributed by atoms with Crippen molar-refractivity contribution >= 4 is 21.8 Å². The Bertz CT molecular complexity index is 993. The van der Waals surface area contributed by atoms with E-state index in [4.69, 9.17) is 8.94 Å². The van der Waals surface area contributed by atoms with E-state index in [0.717, 1.165) is 0 Å². The Morgan fingerprint density at radius 2 is 2.00 bits per heavy atom. The van der Waals surface area contributed by atoms with E-state index in [1.807, 2.05) is 0 Å². The van der Waals surface area contributed by atoms with Crippen molar-refractivity contribution in [3.8, 4) is 11.7 Å². The third kappa shape index (κ3) is 3.43. The van der Waals surface area contributed by atoms with E-state index in [2.05, 4.69) is 20.7 Å². The highest BCUT2D eigenvalue weighted by Gasteiger charge is 2.21. The van der Waals surface area contributed by atoms with Crippen LogP contribution in [-0.2, 0) is 9.84 Å². The van der Waals surface area contributed by atoms with Crippen molar-refractivity contribution in [2.24, 2.45) is 0 Å². The summed E-state index contributed by atoms with van der Waals surface area (Å²) in [5, 5.41) is 12.7. The summed E-state index contributed by atoms with van der Waals surface area (Å²) in [4.78, 5) is 12.4. The Balaban J connectivity index is 1.80. The highest BCUT2D eigenvalue weighted by molar-refractivity contribution is 7.92. The van der Waals surface area contributed by atoms with E-state index in [-0.39, 0.29) is 28.1 Å². The van der Waals surface area contributed by atoms with Crippen LogP contribution < -0.4 is 5.32 Å². The Hall–Kier alpha value is -3.01. The van der Waals surface area contributed by atoms with Gasteiger partial charge >= 0.3 is 6.01 Å². The van der Waals surface area contributed by atoms with E-state index in [9.17, 15) is 13.2 Å². The second kappa shape index (κ2) is 6.48. The van der Waals surface area contributed by atoms with E-state index in [1.165, 1.54) is 36.5 Å². The lowest BCUT2D eigenvalue weighted by Gasteiger charge is -2.09. The van der Waals surface area contributed by atoms with Crippen molar-refractivity contribution in [3.05, 3.63) is 42.1 Å². The van der Waals surface area contributed by atoms with Crippen molar-refractivity contribution in [1.82, 2.24) is 15.4 Å². The molecule has 0 saturated heterocycles. The summed E-state index contributed by atoms with van der Waals surface area (Å²) >= 11 is 0. The molecule has 0 aliphatic heterocycles. The van der Waals surface area contributed by atoms with Gasteiger partial charge in [0.25, 0.3) is 11.8 Å². The third-order valence-electron chi connectivity index (χ3n) is 3.34. The van der Waals surface area contributed by atoms with Gasteiger partial charge in [0.05, 0.1) is 16.3 Å². The first-order chi connectivity index (χ1) is 11.9. The van der Waals surface area contributed by atoms with Gasteiger partial charge < -0.3 is 8.94 Å². The number of rotatable bonds is 5. The van der Waals surface area contributed by atoms with Gasteiger partial charge in [-0.2, -0.15) is 0 Å². The van der Waals surface area contributed by atoms with Crippen molar-refractivity contribution in [3.63, 3.8) is 0 Å². The van der Waals surface area contributed by atoms with E-state index < -0.39 is 21.0 Å². The molecular weight excluding hydrogens is 348 g/mol. The summed E-state index contributed by atoms with van der Waals surface area (Å²) in [6.07, 6.45) is 1.42. The molecule has 1 aromatic carbocycles. The first kappa shape index (κ1) is 16.8. The van der Waals surface area contributed by atoms with Crippen molar-refractivity contribution in [1.29, 1.82) is 0 Å². The van der Waals surface area contributed by atoms with Crippen LogP contribution in [0.5, 0.6) is 0 Å². The minimum atomic E-state index is -3.48. The Morgan fingerprint density at radius 1 is 1.20 bits per heavy atom. The molecule has 0 unspecified atom stereocenters. The molecule has 0 atom stereocenters. The molecule has 1 amide bonds. The zero-order valence-electron chi connectivity index (χ0n) is 13.3. The normalized spacial score (nSPS) is 11.6. The van der Waals surface area contributed by atoms with Gasteiger partial charge in [-0.3, -0.25) is 10.1 Å². The average molecular weight is 362 g/mol. The molecule has 3 rings (SSSR count). The molecule has 1 N–H and O–H groups in total. The van der Waals surface area contributed by atoms with Gasteiger partial charge in [-0.15, -0.1) is 5.10 Å². The fraction of sp³-hybridized carbons (Fsp3) is 0.200. The average Bonchev–Trinajstić information content (AvgIpc) is 3.26. The summed E-state index contributed by atoms with van der Waals surface area (Å²) in [7, 11) is -3.48. The van der Waals surface area contributed by atoms with Crippen molar-refractivity contribution < 1.29 is 22.2 Å². The number of nitrogens with one attached hydrogen (secondary N) is 1. The van der Waals surface area contributed by atoms with E-state index in [1.54, 1.807) is 13.8 Å². The quantitative estimate of drug-likeness (QED) is 0.731. The first-order valence-corrected chi connectivity index (χ1v) is 8.82. The maximum absolute atomic E-state index is 12.3. The molecule has 0 fully saturated rings. The summed E-state index contributed by atoms with van der Waals surface area (Å²) in [5.41, 5.74) is 0.154. The van der Waals surface area contributed by atoms with Gasteiger partial charge in [-0.25, -0.2) is 8.42 Å². The van der Waals surface area contributed by atoms with Crippen LogP contribution in [0.2, 0.25) is 0 Å². The van der Waals surface area contributed by atoms with Crippen LogP contribution in [0.3, 0.4) is 0 Å². The molecule has 3 aromatic rings. The fourth-order valence-corrected chi connectivity index (χ4v) is 3.06. The number of amides is 1. The van der Waals surface area contributed by atoms with Crippen LogP contribution in [0.4, 0.5) is 6.01 Å². The molecule has 25 heavy (non-hydrogen) atoms. The number of nitrogens with zero attached hydrogens (tertiary/aromatic N) is 3. The van der Waals surface area contributed by atoms with Crippen LogP contribution in [0.1, 0.15) is 24.2 Å². The van der Waals surface area contributed by atoms with Crippen LogP contribution in [-0.4, -0.2) is 34.9 Å². The maximum atomic E-state index is 12.3. The smallest absolute Gasteiger partial charge is 0.322 e. The molecule has 0 saturated carbocycles. The Labute approximate surface area is 143 Å². The molecule has 0 aliphatic carbocycles. The van der Waals surface area contributed by atoms with Gasteiger partial charge in [0.2, 0.25) is 5.76 Å². The van der Waals surface area contributed by atoms with Crippen LogP contribution >= 0.6 is 0 Å². The van der Waals surface area contributed by atoms with Gasteiger partial charge in [-0.05, 0) is 32.0 Å². The third-order valence-corrected chi connectivity index (χ3v) is 5.49. The lowest BCUT2D eigenvalue weighted by atomic mass is 10.2. The summed E-state index contributed by atoms with van der Waals surface area (Å²) in [6, 6.07) is 7.12. The number of hydrogen-bond acceptors (Lipinski definition) is 8. The van der Waals surface area contributed by atoms with Crippen LogP contribution in [0.15, 0.2) is 50.4 Å². The molecule has 0 bridgehead atoms. The highest BCUT2D eigenvalue weighted by atomic mass is 32.2. The lowest BCUT2D eigenvalue weighted by Crippen LogP contribution is -2.16. The van der Waals surface area contributed by atoms with Crippen molar-refractivity contribution in [2.45, 2.75) is 24.0 Å². The summed E-state index contributed by atoms with van der Waals surface area (Å²) in [5.74, 6) is -0.254. The summed E-state index contributed by atoms with van der Waals surface area (Å²) < 4.78 is 34.5. The van der Waals surface area contributed by atoms with Gasteiger partial charge in [0.1, 0.15) is 0 Å². The predicted molar refractivity (Wildman–Crippen MR) is 86.5 cm³/mol. The lowest BCUT2D eigenvalue weighted by molar-refractivity contribution is 0.102. The zero-order valence-corrected chi connectivity index (χ0v) is 14.1. The molecule has 0 spiro atoms. The topological polar surface area (TPSA) is 128 Å². The molecule has 0 radical (unpaired) electrons. The van der Waals surface area contributed by atoms with Crippen molar-refractivity contribution in [2.75, 3.05) is 5.32 Å². The number of carbonyl (C=O) groups is 1. The fourth-order valence-electron chi connectivity index (χ4n) is 1.96. The predicted octanol–water partition coefficient (Wildman–Crippen LogP) is 2.16. The van der Waals surface area contributed by atoms with Gasteiger partial charge in [0.15, 0.2) is 9.84 Å². The van der Waals surface area contributed by atoms with Crippen LogP contribution in [0.25, 0.3) is 11.7 Å². The number of benzene rings is 1. The SMILES string of the molecule is CC(C)S(=O)(=O)c1cccc(C(=O)Nc2nnc(-c3ccno3)o2)c1. The van der Waals surface area contributed by atoms with E-state index >= 15 is 0 Å². The number of carbonyl (C=O) groups excluding carboxylic acids is 1. The van der Waals surface area contributed by atoms with Gasteiger partial charge in [0, 0.05) is 11.6 Å². The second-order valence-electron chi connectivity index (χ2n) is 5.36. The molecule has 130 valence electrons. The second-order valence-corrected chi connectivity index (χ2v) is 7.87. The molecule has 0 aliphatic rings. The first-order valence-electron chi connectivity index (χ1n) is 7.28. The monoisotopic (exact) mass is 362 g/mol. The number of sulfone groups is 1.